The number of halogens is 1. The molecule has 1 aliphatic heterocycles. The number of nitrogens with zero attached hydrogens (tertiary/aromatic N) is 3. The zero-order valence-electron chi connectivity index (χ0n) is 16.5. The van der Waals surface area contributed by atoms with E-state index in [2.05, 4.69) is 15.1 Å². The second-order valence-corrected chi connectivity index (χ2v) is 7.74. The Hall–Kier alpha value is -3.19. The third-order valence-electron chi connectivity index (χ3n) is 5.78. The second-order valence-electron chi connectivity index (χ2n) is 7.74. The smallest absolute Gasteiger partial charge is 0.232 e. The van der Waals surface area contributed by atoms with Gasteiger partial charge in [-0.05, 0) is 55.9 Å². The minimum absolute atomic E-state index is 0.0420. The summed E-state index contributed by atoms with van der Waals surface area (Å²) in [6.45, 7) is 1.57. The first-order valence-electron chi connectivity index (χ1n) is 10.3. The van der Waals surface area contributed by atoms with Gasteiger partial charge in [0.15, 0.2) is 0 Å². The number of rotatable bonds is 5. The molecule has 0 amide bonds. The number of fused-ring (bicyclic) bond motifs is 1. The molecule has 0 radical (unpaired) electrons. The van der Waals surface area contributed by atoms with Gasteiger partial charge >= 0.3 is 0 Å². The van der Waals surface area contributed by atoms with E-state index in [0.29, 0.717) is 35.1 Å². The molecule has 0 bridgehead atoms. The molecule has 0 saturated carbocycles. The van der Waals surface area contributed by atoms with Gasteiger partial charge in [0.05, 0.1) is 11.0 Å². The van der Waals surface area contributed by atoms with Crippen LogP contribution in [0.1, 0.15) is 24.8 Å². The molecular weight excluding hydrogens is 383 g/mol. The van der Waals surface area contributed by atoms with Crippen LogP contribution < -0.4 is 0 Å². The zero-order chi connectivity index (χ0) is 20.5. The number of para-hydroxylation sites is 2. The average Bonchev–Trinajstić information content (AvgIpc) is 3.34. The summed E-state index contributed by atoms with van der Waals surface area (Å²) >= 11 is 0. The first-order valence-corrected chi connectivity index (χ1v) is 10.3. The molecule has 7 heteroatoms. The molecule has 2 aromatic heterocycles. The Morgan fingerprint density at radius 1 is 1.13 bits per heavy atom. The maximum atomic E-state index is 13.9. The van der Waals surface area contributed by atoms with E-state index in [9.17, 15) is 9.50 Å². The van der Waals surface area contributed by atoms with Gasteiger partial charge in [-0.1, -0.05) is 24.3 Å². The molecule has 0 unspecified atom stereocenters. The van der Waals surface area contributed by atoms with Crippen LogP contribution in [0.25, 0.3) is 28.2 Å². The Balaban J connectivity index is 1.56. The molecule has 2 aromatic carbocycles. The number of hydrogen-bond donors (Lipinski definition) is 2. The van der Waals surface area contributed by atoms with Crippen molar-refractivity contribution in [2.75, 3.05) is 13.2 Å². The van der Waals surface area contributed by atoms with Crippen LogP contribution in [0.3, 0.4) is 0 Å². The fourth-order valence-electron chi connectivity index (χ4n) is 4.11. The molecule has 2 N–H and O–H groups in total. The topological polar surface area (TPSA) is 76.0 Å². The van der Waals surface area contributed by atoms with E-state index in [1.165, 1.54) is 16.8 Å². The summed E-state index contributed by atoms with van der Waals surface area (Å²) < 4.78 is 20.8. The Morgan fingerprint density at radius 3 is 2.77 bits per heavy atom. The minimum atomic E-state index is -0.333. The number of benzene rings is 2. The highest BCUT2D eigenvalue weighted by Gasteiger charge is 2.23. The van der Waals surface area contributed by atoms with Crippen LogP contribution in [0.15, 0.2) is 48.5 Å². The van der Waals surface area contributed by atoms with Crippen LogP contribution in [0.5, 0.6) is 5.88 Å². The van der Waals surface area contributed by atoms with Crippen molar-refractivity contribution in [2.45, 2.75) is 25.7 Å². The van der Waals surface area contributed by atoms with Gasteiger partial charge in [-0.2, -0.15) is 9.78 Å². The van der Waals surface area contributed by atoms with Crippen LogP contribution in [-0.4, -0.2) is 38.1 Å². The van der Waals surface area contributed by atoms with E-state index in [1.807, 2.05) is 30.3 Å². The van der Waals surface area contributed by atoms with Crippen LogP contribution in [0, 0.1) is 11.7 Å². The summed E-state index contributed by atoms with van der Waals surface area (Å²) in [4.78, 5) is 7.75. The number of aromatic nitrogens is 4. The van der Waals surface area contributed by atoms with Crippen molar-refractivity contribution < 1.29 is 14.2 Å². The third-order valence-corrected chi connectivity index (χ3v) is 5.78. The van der Waals surface area contributed by atoms with Crippen molar-refractivity contribution in [3.63, 3.8) is 0 Å². The quantitative estimate of drug-likeness (QED) is 0.507. The van der Waals surface area contributed by atoms with Crippen LogP contribution in [0.4, 0.5) is 4.39 Å². The van der Waals surface area contributed by atoms with Crippen LogP contribution in [0.2, 0.25) is 0 Å². The minimum Gasteiger partial charge on any atom is -0.493 e. The van der Waals surface area contributed by atoms with E-state index in [-0.39, 0.29) is 11.7 Å². The number of nitrogens with one attached hydrogen (secondary N) is 1. The van der Waals surface area contributed by atoms with E-state index in [1.54, 1.807) is 6.07 Å². The molecule has 1 aliphatic rings. The van der Waals surface area contributed by atoms with E-state index < -0.39 is 0 Å². The summed E-state index contributed by atoms with van der Waals surface area (Å²) in [6, 6.07) is 14.0. The van der Waals surface area contributed by atoms with E-state index in [0.717, 1.165) is 43.5 Å². The summed E-state index contributed by atoms with van der Waals surface area (Å²) in [7, 11) is 0. The van der Waals surface area contributed by atoms with Gasteiger partial charge in [0.1, 0.15) is 11.5 Å². The molecule has 0 aliphatic carbocycles. The largest absolute Gasteiger partial charge is 0.493 e. The number of H-pyrrole nitrogens is 1. The lowest BCUT2D eigenvalue weighted by atomic mass is 9.92. The molecule has 3 heterocycles. The van der Waals surface area contributed by atoms with E-state index >= 15 is 0 Å². The fraction of sp³-hybridized carbons (Fsp3) is 0.304. The zero-order valence-corrected chi connectivity index (χ0v) is 16.5. The Morgan fingerprint density at radius 2 is 1.97 bits per heavy atom. The summed E-state index contributed by atoms with van der Waals surface area (Å²) in [5.74, 6) is 0.692. The van der Waals surface area contributed by atoms with Crippen molar-refractivity contribution in [3.05, 3.63) is 59.9 Å². The van der Waals surface area contributed by atoms with Crippen molar-refractivity contribution in [1.82, 2.24) is 19.7 Å². The molecule has 0 atom stereocenters. The molecule has 30 heavy (non-hydrogen) atoms. The number of ether oxygens (including phenoxy) is 1. The maximum Gasteiger partial charge on any atom is 0.232 e. The summed E-state index contributed by atoms with van der Waals surface area (Å²) in [6.07, 6.45) is 3.62. The van der Waals surface area contributed by atoms with Crippen LogP contribution in [-0.2, 0) is 11.2 Å². The van der Waals surface area contributed by atoms with Gasteiger partial charge in [-0.15, -0.1) is 0 Å². The lowest BCUT2D eigenvalue weighted by molar-refractivity contribution is 0.0640. The Bertz CT molecular complexity index is 1140. The van der Waals surface area contributed by atoms with Crippen molar-refractivity contribution in [2.24, 2.45) is 5.92 Å². The molecule has 1 fully saturated rings. The van der Waals surface area contributed by atoms with Gasteiger partial charge in [-0.3, -0.25) is 0 Å². The first kappa shape index (κ1) is 18.8. The Labute approximate surface area is 173 Å². The average molecular weight is 406 g/mol. The number of aromatic hydroxyl groups is 1. The molecule has 4 aromatic rings. The molecule has 1 saturated heterocycles. The highest BCUT2D eigenvalue weighted by atomic mass is 19.1. The number of hydrogen-bond acceptors (Lipinski definition) is 4. The SMILES string of the molecule is Oc1c(CCC2CCOCC2)c(-c2cccc(F)c2)nn1-c1nc2ccccc2[nH]1. The number of imidazole rings is 1. The highest BCUT2D eigenvalue weighted by molar-refractivity contribution is 5.76. The Kier molecular flexibility index (Phi) is 4.96. The lowest BCUT2D eigenvalue weighted by Crippen LogP contribution is -2.16. The first-order chi connectivity index (χ1) is 14.7. The van der Waals surface area contributed by atoms with E-state index in [4.69, 9.17) is 4.74 Å². The standard InChI is InChI=1S/C23H23FN4O2/c24-17-5-3-4-16(14-17)21-18(9-8-15-10-12-30-13-11-15)22(29)28(27-21)23-25-19-6-1-2-7-20(19)26-23/h1-7,14-15,29H,8-13H2,(H,25,26). The summed E-state index contributed by atoms with van der Waals surface area (Å²) in [5, 5.41) is 15.7. The van der Waals surface area contributed by atoms with Crippen molar-refractivity contribution >= 4 is 11.0 Å². The summed E-state index contributed by atoms with van der Waals surface area (Å²) in [5.41, 5.74) is 3.59. The van der Waals surface area contributed by atoms with Gasteiger partial charge < -0.3 is 14.8 Å². The lowest BCUT2D eigenvalue weighted by Gasteiger charge is -2.21. The predicted molar refractivity (Wildman–Crippen MR) is 112 cm³/mol. The third kappa shape index (κ3) is 3.57. The fourth-order valence-corrected chi connectivity index (χ4v) is 4.11. The highest BCUT2D eigenvalue weighted by Crippen LogP contribution is 2.34. The van der Waals surface area contributed by atoms with Gasteiger partial charge in [0.25, 0.3) is 0 Å². The van der Waals surface area contributed by atoms with Gasteiger partial charge in [0, 0.05) is 24.3 Å². The number of aromatic amines is 1. The molecule has 0 spiro atoms. The molecular formula is C23H23FN4O2. The second kappa shape index (κ2) is 7.91. The van der Waals surface area contributed by atoms with Crippen LogP contribution >= 0.6 is 0 Å². The maximum absolute atomic E-state index is 13.9. The monoisotopic (exact) mass is 406 g/mol. The molecule has 6 nitrogen and oxygen atoms in total. The normalized spacial score (nSPS) is 15.1. The van der Waals surface area contributed by atoms with Gasteiger partial charge in [-0.25, -0.2) is 9.37 Å². The van der Waals surface area contributed by atoms with Gasteiger partial charge in [0.2, 0.25) is 11.8 Å². The molecule has 154 valence electrons. The molecule has 5 rings (SSSR count). The van der Waals surface area contributed by atoms with Crippen molar-refractivity contribution in [1.29, 1.82) is 0 Å². The van der Waals surface area contributed by atoms with Crippen molar-refractivity contribution in [3.8, 4) is 23.1 Å². The predicted octanol–water partition coefficient (Wildman–Crippen LogP) is 4.62.